The third-order valence-electron chi connectivity index (χ3n) is 2.58. The summed E-state index contributed by atoms with van der Waals surface area (Å²) in [5.74, 6) is -0.297. The molecule has 5 heteroatoms. The van der Waals surface area contributed by atoms with Crippen LogP contribution < -0.4 is 16.0 Å². The standard InChI is InChI=1S/C14H21N3O2/c1-15-8-5-9-16-14(19)11-17-13(18)10-12-6-3-2-4-7-12/h2-4,6-7,15H,5,8-11H2,1H3,(H,16,19)(H,17,18). The highest BCUT2D eigenvalue weighted by atomic mass is 16.2. The second-order valence-corrected chi connectivity index (χ2v) is 4.25. The van der Waals surface area contributed by atoms with E-state index in [4.69, 9.17) is 0 Å². The van der Waals surface area contributed by atoms with Gasteiger partial charge in [-0.05, 0) is 25.6 Å². The maximum absolute atomic E-state index is 11.6. The van der Waals surface area contributed by atoms with Crippen LogP contribution in [0, 0.1) is 0 Å². The molecule has 0 atom stereocenters. The van der Waals surface area contributed by atoms with Crippen LogP contribution in [0.25, 0.3) is 0 Å². The summed E-state index contributed by atoms with van der Waals surface area (Å²) >= 11 is 0. The normalized spacial score (nSPS) is 9.95. The summed E-state index contributed by atoms with van der Waals surface area (Å²) in [7, 11) is 1.87. The first-order valence-corrected chi connectivity index (χ1v) is 6.44. The van der Waals surface area contributed by atoms with Crippen molar-refractivity contribution in [3.05, 3.63) is 35.9 Å². The Morgan fingerprint density at radius 1 is 1.00 bits per heavy atom. The number of hydrogen-bond donors (Lipinski definition) is 3. The Balaban J connectivity index is 2.14. The van der Waals surface area contributed by atoms with Crippen molar-refractivity contribution in [3.63, 3.8) is 0 Å². The van der Waals surface area contributed by atoms with E-state index in [1.54, 1.807) is 0 Å². The van der Waals surface area contributed by atoms with Crippen molar-refractivity contribution in [2.75, 3.05) is 26.7 Å². The molecule has 0 aliphatic rings. The van der Waals surface area contributed by atoms with Crippen molar-refractivity contribution in [1.29, 1.82) is 0 Å². The van der Waals surface area contributed by atoms with Gasteiger partial charge in [-0.15, -0.1) is 0 Å². The van der Waals surface area contributed by atoms with Crippen LogP contribution in [0.15, 0.2) is 30.3 Å². The zero-order valence-electron chi connectivity index (χ0n) is 11.2. The van der Waals surface area contributed by atoms with Crippen molar-refractivity contribution in [2.24, 2.45) is 0 Å². The van der Waals surface area contributed by atoms with E-state index in [2.05, 4.69) is 16.0 Å². The third kappa shape index (κ3) is 7.21. The first-order valence-electron chi connectivity index (χ1n) is 6.44. The van der Waals surface area contributed by atoms with Crippen LogP contribution in [0.1, 0.15) is 12.0 Å². The average molecular weight is 263 g/mol. The fourth-order valence-corrected chi connectivity index (χ4v) is 1.58. The lowest BCUT2D eigenvalue weighted by atomic mass is 10.1. The molecule has 1 aromatic rings. The Morgan fingerprint density at radius 3 is 2.42 bits per heavy atom. The SMILES string of the molecule is CNCCCNC(=O)CNC(=O)Cc1ccccc1. The van der Waals surface area contributed by atoms with E-state index in [0.717, 1.165) is 18.5 Å². The number of benzene rings is 1. The molecule has 3 N–H and O–H groups in total. The molecule has 104 valence electrons. The molecule has 1 rings (SSSR count). The first kappa shape index (κ1) is 15.2. The predicted octanol–water partition coefficient (Wildman–Crippen LogP) is 0.0710. The van der Waals surface area contributed by atoms with Gasteiger partial charge in [-0.25, -0.2) is 0 Å². The maximum Gasteiger partial charge on any atom is 0.239 e. The fourth-order valence-electron chi connectivity index (χ4n) is 1.58. The first-order chi connectivity index (χ1) is 9.22. The lowest BCUT2D eigenvalue weighted by molar-refractivity contribution is -0.125. The summed E-state index contributed by atoms with van der Waals surface area (Å²) in [6, 6.07) is 9.45. The van der Waals surface area contributed by atoms with Crippen molar-refractivity contribution in [1.82, 2.24) is 16.0 Å². The molecule has 0 saturated heterocycles. The van der Waals surface area contributed by atoms with Gasteiger partial charge in [0.2, 0.25) is 11.8 Å². The molecule has 0 aliphatic carbocycles. The van der Waals surface area contributed by atoms with Crippen LogP contribution in [-0.4, -0.2) is 38.5 Å². The van der Waals surface area contributed by atoms with E-state index in [9.17, 15) is 9.59 Å². The van der Waals surface area contributed by atoms with Crippen LogP contribution >= 0.6 is 0 Å². The summed E-state index contributed by atoms with van der Waals surface area (Å²) in [4.78, 5) is 23.0. The second kappa shape index (κ2) is 9.10. The minimum absolute atomic E-state index is 0.0330. The molecule has 1 aromatic carbocycles. The highest BCUT2D eigenvalue weighted by molar-refractivity contribution is 5.85. The van der Waals surface area contributed by atoms with E-state index >= 15 is 0 Å². The smallest absolute Gasteiger partial charge is 0.239 e. The quantitative estimate of drug-likeness (QED) is 0.581. The van der Waals surface area contributed by atoms with Gasteiger partial charge in [-0.2, -0.15) is 0 Å². The van der Waals surface area contributed by atoms with Gasteiger partial charge in [0.1, 0.15) is 0 Å². The molecule has 0 aliphatic heterocycles. The molecule has 0 radical (unpaired) electrons. The summed E-state index contributed by atoms with van der Waals surface area (Å²) in [6.07, 6.45) is 1.17. The van der Waals surface area contributed by atoms with Crippen molar-refractivity contribution in [3.8, 4) is 0 Å². The zero-order chi connectivity index (χ0) is 13.9. The minimum atomic E-state index is -0.155. The van der Waals surface area contributed by atoms with E-state index in [-0.39, 0.29) is 18.4 Å². The summed E-state index contributed by atoms with van der Waals surface area (Å²) in [5.41, 5.74) is 0.939. The third-order valence-corrected chi connectivity index (χ3v) is 2.58. The Morgan fingerprint density at radius 2 is 1.74 bits per heavy atom. The topological polar surface area (TPSA) is 70.2 Å². The van der Waals surface area contributed by atoms with Crippen LogP contribution in [0.3, 0.4) is 0 Å². The van der Waals surface area contributed by atoms with Crippen LogP contribution in [0.5, 0.6) is 0 Å². The van der Waals surface area contributed by atoms with Crippen LogP contribution in [-0.2, 0) is 16.0 Å². The number of hydrogen-bond acceptors (Lipinski definition) is 3. The van der Waals surface area contributed by atoms with E-state index in [0.29, 0.717) is 13.0 Å². The molecule has 0 saturated carbocycles. The highest BCUT2D eigenvalue weighted by Gasteiger charge is 2.05. The van der Waals surface area contributed by atoms with E-state index < -0.39 is 0 Å². The van der Waals surface area contributed by atoms with Gasteiger partial charge in [0.15, 0.2) is 0 Å². The Bertz CT molecular complexity index is 393. The summed E-state index contributed by atoms with van der Waals surface area (Å²) in [6.45, 7) is 1.51. The van der Waals surface area contributed by atoms with Gasteiger partial charge < -0.3 is 16.0 Å². The number of nitrogens with one attached hydrogen (secondary N) is 3. The summed E-state index contributed by atoms with van der Waals surface area (Å²) < 4.78 is 0. The molecular formula is C14H21N3O2. The maximum atomic E-state index is 11.6. The van der Waals surface area contributed by atoms with Crippen LogP contribution in [0.2, 0.25) is 0 Å². The fraction of sp³-hybridized carbons (Fsp3) is 0.429. The summed E-state index contributed by atoms with van der Waals surface area (Å²) in [5, 5.41) is 8.35. The number of rotatable bonds is 8. The largest absolute Gasteiger partial charge is 0.355 e. The molecule has 0 fully saturated rings. The van der Waals surface area contributed by atoms with Crippen molar-refractivity contribution in [2.45, 2.75) is 12.8 Å². The van der Waals surface area contributed by atoms with E-state index in [1.165, 1.54) is 0 Å². The molecule has 0 spiro atoms. The van der Waals surface area contributed by atoms with Crippen molar-refractivity contribution >= 4 is 11.8 Å². The van der Waals surface area contributed by atoms with Crippen LogP contribution in [0.4, 0.5) is 0 Å². The Hall–Kier alpha value is -1.88. The molecule has 0 heterocycles. The minimum Gasteiger partial charge on any atom is -0.355 e. The molecule has 0 aromatic heterocycles. The molecule has 2 amide bonds. The number of carbonyl (C=O) groups is 2. The average Bonchev–Trinajstić information content (AvgIpc) is 2.42. The van der Waals surface area contributed by atoms with Gasteiger partial charge in [0.05, 0.1) is 13.0 Å². The molecule has 5 nitrogen and oxygen atoms in total. The highest BCUT2D eigenvalue weighted by Crippen LogP contribution is 1.98. The van der Waals surface area contributed by atoms with Gasteiger partial charge in [-0.1, -0.05) is 30.3 Å². The molecular weight excluding hydrogens is 242 g/mol. The zero-order valence-corrected chi connectivity index (χ0v) is 11.2. The molecule has 19 heavy (non-hydrogen) atoms. The molecule has 0 bridgehead atoms. The monoisotopic (exact) mass is 263 g/mol. The van der Waals surface area contributed by atoms with E-state index in [1.807, 2.05) is 37.4 Å². The number of carbonyl (C=O) groups excluding carboxylic acids is 2. The van der Waals surface area contributed by atoms with Gasteiger partial charge in [0, 0.05) is 6.54 Å². The molecule has 0 unspecified atom stereocenters. The lowest BCUT2D eigenvalue weighted by Gasteiger charge is -2.07. The Kier molecular flexibility index (Phi) is 7.27. The van der Waals surface area contributed by atoms with Gasteiger partial charge in [-0.3, -0.25) is 9.59 Å². The Labute approximate surface area is 113 Å². The second-order valence-electron chi connectivity index (χ2n) is 4.25. The van der Waals surface area contributed by atoms with Gasteiger partial charge >= 0.3 is 0 Å². The van der Waals surface area contributed by atoms with Crippen molar-refractivity contribution < 1.29 is 9.59 Å². The predicted molar refractivity (Wildman–Crippen MR) is 74.7 cm³/mol. The van der Waals surface area contributed by atoms with Gasteiger partial charge in [0.25, 0.3) is 0 Å². The lowest BCUT2D eigenvalue weighted by Crippen LogP contribution is -2.38. The number of amides is 2.